The van der Waals surface area contributed by atoms with Crippen LogP contribution in [-0.2, 0) is 4.79 Å². The van der Waals surface area contributed by atoms with Crippen molar-refractivity contribution in [1.29, 1.82) is 0 Å². The first kappa shape index (κ1) is 17.6. The van der Waals surface area contributed by atoms with Gasteiger partial charge in [-0.1, -0.05) is 20.8 Å². The molecule has 0 aromatic carbocycles. The number of nitrogens with zero attached hydrogens (tertiary/aromatic N) is 2. The van der Waals surface area contributed by atoms with Crippen molar-refractivity contribution < 1.29 is 4.79 Å². The molecule has 0 saturated carbocycles. The fraction of sp³-hybridized carbons (Fsp3) is 0.938. The molecule has 118 valence electrons. The monoisotopic (exact) mass is 283 g/mol. The summed E-state index contributed by atoms with van der Waals surface area (Å²) in [7, 11) is 0. The molecule has 0 atom stereocenters. The highest BCUT2D eigenvalue weighted by molar-refractivity contribution is 5.85. The minimum absolute atomic E-state index is 0.195. The Morgan fingerprint density at radius 2 is 1.45 bits per heavy atom. The van der Waals surface area contributed by atoms with Gasteiger partial charge in [-0.05, 0) is 20.8 Å². The van der Waals surface area contributed by atoms with E-state index >= 15 is 0 Å². The van der Waals surface area contributed by atoms with Crippen molar-refractivity contribution in [3.63, 3.8) is 0 Å². The molecule has 1 heterocycles. The van der Waals surface area contributed by atoms with Crippen LogP contribution < -0.4 is 5.32 Å². The van der Waals surface area contributed by atoms with Crippen LogP contribution in [-0.4, -0.2) is 66.9 Å². The van der Waals surface area contributed by atoms with Crippen LogP contribution >= 0.6 is 0 Å². The van der Waals surface area contributed by atoms with E-state index < -0.39 is 0 Å². The zero-order chi connectivity index (χ0) is 15.4. The number of nitrogens with one attached hydrogen (secondary N) is 1. The maximum atomic E-state index is 12.0. The van der Waals surface area contributed by atoms with E-state index in [4.69, 9.17) is 0 Å². The van der Waals surface area contributed by atoms with E-state index in [0.29, 0.717) is 12.3 Å². The maximum absolute atomic E-state index is 12.0. The van der Waals surface area contributed by atoms with Crippen LogP contribution in [0.5, 0.6) is 0 Å². The second-order valence-electron chi connectivity index (χ2n) is 7.97. The smallest absolute Gasteiger partial charge is 0.152 e. The molecule has 0 unspecified atom stereocenters. The van der Waals surface area contributed by atoms with Crippen LogP contribution in [0.4, 0.5) is 0 Å². The first-order valence-corrected chi connectivity index (χ1v) is 7.81. The van der Waals surface area contributed by atoms with Gasteiger partial charge in [-0.2, -0.15) is 0 Å². The van der Waals surface area contributed by atoms with Crippen molar-refractivity contribution in [2.45, 2.75) is 47.1 Å². The topological polar surface area (TPSA) is 35.6 Å². The van der Waals surface area contributed by atoms with Gasteiger partial charge >= 0.3 is 0 Å². The van der Waals surface area contributed by atoms with Gasteiger partial charge in [-0.25, -0.2) is 0 Å². The predicted octanol–water partition coefficient (Wildman–Crippen LogP) is 1.61. The van der Waals surface area contributed by atoms with E-state index in [2.05, 4.69) is 35.9 Å². The lowest BCUT2D eigenvalue weighted by molar-refractivity contribution is -0.127. The lowest BCUT2D eigenvalue weighted by atomic mass is 9.90. The lowest BCUT2D eigenvalue weighted by Crippen LogP contribution is -2.51. The van der Waals surface area contributed by atoms with Gasteiger partial charge < -0.3 is 5.32 Å². The summed E-state index contributed by atoms with van der Waals surface area (Å²) in [4.78, 5) is 16.8. The van der Waals surface area contributed by atoms with E-state index in [0.717, 1.165) is 39.3 Å². The third-order valence-corrected chi connectivity index (χ3v) is 3.75. The Balaban J connectivity index is 2.22. The Morgan fingerprint density at radius 1 is 0.950 bits per heavy atom. The predicted molar refractivity (Wildman–Crippen MR) is 85.1 cm³/mol. The van der Waals surface area contributed by atoms with Crippen molar-refractivity contribution in [1.82, 2.24) is 15.1 Å². The van der Waals surface area contributed by atoms with Crippen molar-refractivity contribution >= 4 is 5.78 Å². The van der Waals surface area contributed by atoms with Gasteiger partial charge in [0.15, 0.2) is 5.78 Å². The van der Waals surface area contributed by atoms with Gasteiger partial charge in [-0.15, -0.1) is 0 Å². The molecule has 1 N–H and O–H groups in total. The number of ketones is 1. The van der Waals surface area contributed by atoms with Crippen LogP contribution in [0.3, 0.4) is 0 Å². The Morgan fingerprint density at radius 3 is 1.90 bits per heavy atom. The molecule has 1 aliphatic rings. The second kappa shape index (κ2) is 7.01. The van der Waals surface area contributed by atoms with Gasteiger partial charge in [0.1, 0.15) is 0 Å². The summed E-state index contributed by atoms with van der Waals surface area (Å²) in [6.45, 7) is 19.5. The molecule has 20 heavy (non-hydrogen) atoms. The third-order valence-electron chi connectivity index (χ3n) is 3.75. The number of hydrogen-bond donors (Lipinski definition) is 1. The molecule has 4 nitrogen and oxygen atoms in total. The molecule has 0 radical (unpaired) electrons. The quantitative estimate of drug-likeness (QED) is 0.831. The summed E-state index contributed by atoms with van der Waals surface area (Å²) < 4.78 is 0. The van der Waals surface area contributed by atoms with E-state index in [1.54, 1.807) is 0 Å². The Hall–Kier alpha value is -0.450. The summed E-state index contributed by atoms with van der Waals surface area (Å²) in [5.41, 5.74) is -0.0191. The number of hydrogen-bond acceptors (Lipinski definition) is 4. The molecular formula is C16H33N3O. The molecule has 0 aliphatic carbocycles. The van der Waals surface area contributed by atoms with Crippen LogP contribution in [0.2, 0.25) is 0 Å². The van der Waals surface area contributed by atoms with Gasteiger partial charge in [0.05, 0.1) is 6.54 Å². The largest absolute Gasteiger partial charge is 0.311 e. The normalized spacial score (nSPS) is 19.3. The number of Topliss-reactive ketones (excluding diaryl/α,β-unsaturated/α-hetero) is 1. The molecule has 0 aromatic rings. The number of piperazine rings is 1. The second-order valence-corrected chi connectivity index (χ2v) is 7.97. The maximum Gasteiger partial charge on any atom is 0.152 e. The van der Waals surface area contributed by atoms with E-state index in [1.165, 1.54) is 0 Å². The van der Waals surface area contributed by atoms with Gasteiger partial charge in [0.25, 0.3) is 0 Å². The Labute approximate surface area is 124 Å². The first-order valence-electron chi connectivity index (χ1n) is 7.81. The first-order chi connectivity index (χ1) is 9.08. The zero-order valence-corrected chi connectivity index (χ0v) is 14.3. The van der Waals surface area contributed by atoms with Crippen molar-refractivity contribution in [2.75, 3.05) is 45.8 Å². The van der Waals surface area contributed by atoms with Gasteiger partial charge in [0.2, 0.25) is 0 Å². The van der Waals surface area contributed by atoms with E-state index in [9.17, 15) is 4.79 Å². The van der Waals surface area contributed by atoms with E-state index in [-0.39, 0.29) is 11.0 Å². The molecule has 0 amide bonds. The minimum atomic E-state index is -0.215. The highest BCUT2D eigenvalue weighted by Crippen LogP contribution is 2.15. The highest BCUT2D eigenvalue weighted by atomic mass is 16.1. The van der Waals surface area contributed by atoms with E-state index in [1.807, 2.05) is 20.8 Å². The molecule has 4 heteroatoms. The summed E-state index contributed by atoms with van der Waals surface area (Å²) in [6, 6.07) is 0. The molecule has 0 spiro atoms. The number of carbonyl (C=O) groups excluding carboxylic acids is 1. The number of carbonyl (C=O) groups is 1. The fourth-order valence-electron chi connectivity index (χ4n) is 2.20. The van der Waals surface area contributed by atoms with Crippen molar-refractivity contribution in [3.8, 4) is 0 Å². The van der Waals surface area contributed by atoms with Crippen LogP contribution in [0.1, 0.15) is 41.5 Å². The van der Waals surface area contributed by atoms with Crippen molar-refractivity contribution in [2.24, 2.45) is 5.41 Å². The third kappa shape index (κ3) is 6.82. The SMILES string of the molecule is CC(C)(C)NCCN1CCN(CC(=O)C(C)(C)C)CC1. The average Bonchev–Trinajstić information content (AvgIpc) is 2.28. The molecular weight excluding hydrogens is 250 g/mol. The summed E-state index contributed by atoms with van der Waals surface area (Å²) in [5.74, 6) is 0.348. The molecule has 1 aliphatic heterocycles. The Kier molecular flexibility index (Phi) is 6.17. The van der Waals surface area contributed by atoms with Gasteiger partial charge in [-0.3, -0.25) is 14.6 Å². The summed E-state index contributed by atoms with van der Waals surface area (Å²) >= 11 is 0. The van der Waals surface area contributed by atoms with Crippen LogP contribution in [0.25, 0.3) is 0 Å². The standard InChI is InChI=1S/C16H33N3O/c1-15(2,3)14(20)13-19-11-9-18(10-12-19)8-7-17-16(4,5)6/h17H,7-13H2,1-6H3. The van der Waals surface area contributed by atoms with Crippen molar-refractivity contribution in [3.05, 3.63) is 0 Å². The Bertz CT molecular complexity index is 307. The summed E-state index contributed by atoms with van der Waals surface area (Å²) in [6.07, 6.45) is 0. The molecule has 1 saturated heterocycles. The summed E-state index contributed by atoms with van der Waals surface area (Å²) in [5, 5.41) is 3.52. The number of rotatable bonds is 5. The van der Waals surface area contributed by atoms with Crippen LogP contribution in [0.15, 0.2) is 0 Å². The highest BCUT2D eigenvalue weighted by Gasteiger charge is 2.25. The van der Waals surface area contributed by atoms with Crippen LogP contribution in [0, 0.1) is 5.41 Å². The lowest BCUT2D eigenvalue weighted by Gasteiger charge is -2.36. The van der Waals surface area contributed by atoms with Gasteiger partial charge in [0, 0.05) is 50.2 Å². The molecule has 1 rings (SSSR count). The molecule has 0 aromatic heterocycles. The fourth-order valence-corrected chi connectivity index (χ4v) is 2.20. The average molecular weight is 283 g/mol. The minimum Gasteiger partial charge on any atom is -0.311 e. The molecule has 0 bridgehead atoms. The zero-order valence-electron chi connectivity index (χ0n) is 14.3. The molecule has 1 fully saturated rings.